The van der Waals surface area contributed by atoms with E-state index in [4.69, 9.17) is 9.47 Å². The van der Waals surface area contributed by atoms with Crippen LogP contribution < -0.4 is 14.8 Å². The van der Waals surface area contributed by atoms with E-state index in [-0.39, 0.29) is 13.2 Å². The number of barbiturate groups is 1. The molecule has 7 nitrogen and oxygen atoms in total. The highest BCUT2D eigenvalue weighted by atomic mass is 16.7. The monoisotopic (exact) mass is 276 g/mol. The smallest absolute Gasteiger partial charge is 0.331 e. The number of hydrogen-bond donors (Lipinski definition) is 1. The third-order valence-electron chi connectivity index (χ3n) is 3.31. The summed E-state index contributed by atoms with van der Waals surface area (Å²) in [5.41, 5.74) is 0.729. The summed E-state index contributed by atoms with van der Waals surface area (Å²) in [6.07, 6.45) is -0.319. The third-order valence-corrected chi connectivity index (χ3v) is 3.31. The van der Waals surface area contributed by atoms with Crippen molar-refractivity contribution in [2.45, 2.75) is 19.4 Å². The Morgan fingerprint density at radius 3 is 2.70 bits per heavy atom. The number of urea groups is 1. The molecule has 7 heteroatoms. The first-order chi connectivity index (χ1) is 9.56. The van der Waals surface area contributed by atoms with Crippen LogP contribution in [0.1, 0.15) is 24.9 Å². The number of benzene rings is 1. The number of fused-ring (bicyclic) bond motifs is 1. The number of amides is 4. The number of carbonyl (C=O) groups excluding carboxylic acids is 3. The lowest BCUT2D eigenvalue weighted by Gasteiger charge is -2.30. The highest BCUT2D eigenvalue weighted by molar-refractivity contribution is 6.14. The van der Waals surface area contributed by atoms with E-state index in [0.717, 1.165) is 10.5 Å². The van der Waals surface area contributed by atoms with E-state index in [2.05, 4.69) is 5.32 Å². The molecule has 1 saturated heterocycles. The Kier molecular flexibility index (Phi) is 2.81. The van der Waals surface area contributed by atoms with Gasteiger partial charge in [0.2, 0.25) is 18.6 Å². The first-order valence-electron chi connectivity index (χ1n) is 6.11. The molecule has 4 amide bonds. The zero-order valence-corrected chi connectivity index (χ0v) is 10.7. The molecule has 1 unspecified atom stereocenters. The van der Waals surface area contributed by atoms with E-state index in [0.29, 0.717) is 11.5 Å². The quantitative estimate of drug-likeness (QED) is 0.813. The van der Waals surface area contributed by atoms with Crippen LogP contribution in [-0.2, 0) is 9.59 Å². The predicted molar refractivity (Wildman–Crippen MR) is 66.0 cm³/mol. The van der Waals surface area contributed by atoms with E-state index in [1.165, 1.54) is 0 Å². The minimum absolute atomic E-state index is 0.158. The van der Waals surface area contributed by atoms with E-state index in [1.54, 1.807) is 25.1 Å². The Morgan fingerprint density at radius 1 is 1.20 bits per heavy atom. The topological polar surface area (TPSA) is 84.9 Å². The summed E-state index contributed by atoms with van der Waals surface area (Å²) >= 11 is 0. The van der Waals surface area contributed by atoms with Crippen molar-refractivity contribution < 1.29 is 23.9 Å². The summed E-state index contributed by atoms with van der Waals surface area (Å²) in [6, 6.07) is 4.02. The van der Waals surface area contributed by atoms with Crippen LogP contribution in [0.4, 0.5) is 4.79 Å². The highest BCUT2D eigenvalue weighted by Gasteiger charge is 2.35. The van der Waals surface area contributed by atoms with Gasteiger partial charge in [-0.2, -0.15) is 0 Å². The fourth-order valence-corrected chi connectivity index (χ4v) is 2.27. The van der Waals surface area contributed by atoms with Gasteiger partial charge in [0.05, 0.1) is 6.04 Å². The van der Waals surface area contributed by atoms with Crippen LogP contribution in [0, 0.1) is 0 Å². The van der Waals surface area contributed by atoms with Crippen molar-refractivity contribution in [3.8, 4) is 11.5 Å². The van der Waals surface area contributed by atoms with Crippen LogP contribution in [0.2, 0.25) is 0 Å². The van der Waals surface area contributed by atoms with Crippen molar-refractivity contribution in [1.29, 1.82) is 0 Å². The van der Waals surface area contributed by atoms with Crippen LogP contribution in [0.3, 0.4) is 0 Å². The Labute approximate surface area is 114 Å². The normalized spacial score (nSPS) is 19.1. The number of nitrogens with one attached hydrogen (secondary N) is 1. The zero-order valence-electron chi connectivity index (χ0n) is 10.7. The van der Waals surface area contributed by atoms with Gasteiger partial charge in [-0.1, -0.05) is 6.07 Å². The molecule has 104 valence electrons. The van der Waals surface area contributed by atoms with E-state index in [1.807, 2.05) is 0 Å². The molecule has 0 aromatic heterocycles. The van der Waals surface area contributed by atoms with E-state index >= 15 is 0 Å². The van der Waals surface area contributed by atoms with Gasteiger partial charge in [-0.15, -0.1) is 0 Å². The minimum Gasteiger partial charge on any atom is -0.454 e. The molecule has 1 fully saturated rings. The number of imide groups is 2. The number of rotatable bonds is 2. The highest BCUT2D eigenvalue weighted by Crippen LogP contribution is 2.35. The lowest BCUT2D eigenvalue weighted by molar-refractivity contribution is -0.137. The zero-order chi connectivity index (χ0) is 14.3. The largest absolute Gasteiger partial charge is 0.454 e. The summed E-state index contributed by atoms with van der Waals surface area (Å²) in [7, 11) is 0. The molecule has 2 aliphatic heterocycles. The van der Waals surface area contributed by atoms with Crippen LogP contribution in [-0.4, -0.2) is 29.5 Å². The molecule has 1 aromatic carbocycles. The Hall–Kier alpha value is -2.57. The summed E-state index contributed by atoms with van der Waals surface area (Å²) < 4.78 is 10.5. The van der Waals surface area contributed by atoms with Gasteiger partial charge in [0.1, 0.15) is 6.42 Å². The average Bonchev–Trinajstić information content (AvgIpc) is 2.84. The van der Waals surface area contributed by atoms with Gasteiger partial charge in [-0.3, -0.25) is 19.8 Å². The fraction of sp³-hybridized carbons (Fsp3) is 0.308. The average molecular weight is 276 g/mol. The Morgan fingerprint density at radius 2 is 1.95 bits per heavy atom. The van der Waals surface area contributed by atoms with Gasteiger partial charge >= 0.3 is 6.03 Å². The Balaban J connectivity index is 1.88. The van der Waals surface area contributed by atoms with E-state index in [9.17, 15) is 14.4 Å². The SMILES string of the molecule is CC(c1ccc2c(c1)OCO2)N1C(=O)CC(=O)NC1=O. The second kappa shape index (κ2) is 4.52. The summed E-state index contributed by atoms with van der Waals surface area (Å²) in [5, 5.41) is 2.13. The molecule has 2 aliphatic rings. The molecule has 0 aliphatic carbocycles. The maximum atomic E-state index is 11.9. The van der Waals surface area contributed by atoms with Crippen molar-refractivity contribution in [2.24, 2.45) is 0 Å². The molecule has 0 saturated carbocycles. The molecule has 2 heterocycles. The first-order valence-corrected chi connectivity index (χ1v) is 6.11. The number of hydrogen-bond acceptors (Lipinski definition) is 5. The molecule has 3 rings (SSSR count). The second-order valence-electron chi connectivity index (χ2n) is 4.58. The molecule has 0 bridgehead atoms. The van der Waals surface area contributed by atoms with Crippen LogP contribution >= 0.6 is 0 Å². The van der Waals surface area contributed by atoms with E-state index < -0.39 is 23.9 Å². The molecule has 1 aromatic rings. The van der Waals surface area contributed by atoms with Crippen molar-refractivity contribution in [3.05, 3.63) is 23.8 Å². The lowest BCUT2D eigenvalue weighted by atomic mass is 10.1. The maximum absolute atomic E-state index is 11.9. The predicted octanol–water partition coefficient (Wildman–Crippen LogP) is 0.945. The van der Waals surface area contributed by atoms with Gasteiger partial charge < -0.3 is 9.47 Å². The van der Waals surface area contributed by atoms with Gasteiger partial charge in [-0.05, 0) is 24.6 Å². The molecule has 1 atom stereocenters. The fourth-order valence-electron chi connectivity index (χ4n) is 2.27. The second-order valence-corrected chi connectivity index (χ2v) is 4.58. The molecular weight excluding hydrogens is 264 g/mol. The summed E-state index contributed by atoms with van der Waals surface area (Å²) in [5.74, 6) is 0.124. The van der Waals surface area contributed by atoms with Crippen molar-refractivity contribution in [1.82, 2.24) is 10.2 Å². The van der Waals surface area contributed by atoms with Gasteiger partial charge in [-0.25, -0.2) is 4.79 Å². The van der Waals surface area contributed by atoms with Gasteiger partial charge in [0.25, 0.3) is 0 Å². The number of nitrogens with zero attached hydrogens (tertiary/aromatic N) is 1. The van der Waals surface area contributed by atoms with Crippen molar-refractivity contribution in [3.63, 3.8) is 0 Å². The molecule has 0 radical (unpaired) electrons. The number of carbonyl (C=O) groups is 3. The molecule has 1 N–H and O–H groups in total. The first kappa shape index (κ1) is 12.5. The summed E-state index contributed by atoms with van der Waals surface area (Å²) in [4.78, 5) is 35.8. The van der Waals surface area contributed by atoms with Crippen LogP contribution in [0.5, 0.6) is 11.5 Å². The molecular formula is C13H12N2O5. The van der Waals surface area contributed by atoms with Crippen molar-refractivity contribution in [2.75, 3.05) is 6.79 Å². The van der Waals surface area contributed by atoms with Crippen LogP contribution in [0.15, 0.2) is 18.2 Å². The maximum Gasteiger partial charge on any atom is 0.331 e. The third kappa shape index (κ3) is 1.97. The van der Waals surface area contributed by atoms with Crippen LogP contribution in [0.25, 0.3) is 0 Å². The lowest BCUT2D eigenvalue weighted by Crippen LogP contribution is -2.53. The van der Waals surface area contributed by atoms with Gasteiger partial charge in [0.15, 0.2) is 11.5 Å². The van der Waals surface area contributed by atoms with Crippen molar-refractivity contribution >= 4 is 17.8 Å². The Bertz CT molecular complexity index is 593. The minimum atomic E-state index is -0.698. The molecule has 20 heavy (non-hydrogen) atoms. The summed E-state index contributed by atoms with van der Waals surface area (Å²) in [6.45, 7) is 1.87. The standard InChI is InChI=1S/C13H12N2O5/c1-7(15-12(17)5-11(16)14-13(15)18)8-2-3-9-10(4-8)20-6-19-9/h2-4,7H,5-6H2,1H3,(H,14,16,18). The number of ether oxygens (including phenoxy) is 2. The molecule has 0 spiro atoms. The van der Waals surface area contributed by atoms with Gasteiger partial charge in [0, 0.05) is 0 Å².